The van der Waals surface area contributed by atoms with Gasteiger partial charge in [0, 0.05) is 17.7 Å². The number of para-hydroxylation sites is 1. The third-order valence-electron chi connectivity index (χ3n) is 18.4. The lowest BCUT2D eigenvalue weighted by Crippen LogP contribution is -2.31. The number of thiazole rings is 1. The van der Waals surface area contributed by atoms with Gasteiger partial charge in [-0.2, -0.15) is 5.10 Å². The molecule has 1 aromatic heterocycles. The molecule has 2 saturated carbocycles. The van der Waals surface area contributed by atoms with E-state index >= 15 is 0 Å². The Labute approximate surface area is 585 Å². The molecule has 98 heavy (non-hydrogen) atoms. The van der Waals surface area contributed by atoms with E-state index in [-0.39, 0.29) is 53.3 Å². The van der Waals surface area contributed by atoms with Crippen LogP contribution in [-0.2, 0) is 38.2 Å². The van der Waals surface area contributed by atoms with Crippen LogP contribution in [-0.4, -0.2) is 79.5 Å². The monoisotopic (exact) mass is 1370 g/mol. The summed E-state index contributed by atoms with van der Waals surface area (Å²) in [6.07, 6.45) is 35.8. The Hall–Kier alpha value is -7.86. The number of anilines is 1. The van der Waals surface area contributed by atoms with Gasteiger partial charge < -0.3 is 37.9 Å². The molecule has 0 aliphatic heterocycles. The second kappa shape index (κ2) is 44.9. The Morgan fingerprint density at radius 2 is 0.847 bits per heavy atom. The molecule has 0 saturated heterocycles. The van der Waals surface area contributed by atoms with Gasteiger partial charge in [-0.25, -0.2) is 19.6 Å². The normalized spacial score (nSPS) is 16.3. The Balaban J connectivity index is 0.831. The summed E-state index contributed by atoms with van der Waals surface area (Å²) >= 11 is 1.55. The van der Waals surface area contributed by atoms with E-state index in [0.29, 0.717) is 94.9 Å². The van der Waals surface area contributed by atoms with Crippen molar-refractivity contribution < 1.29 is 66.7 Å². The number of hydrogen-bond donors (Lipinski definition) is 0. The van der Waals surface area contributed by atoms with Crippen LogP contribution in [0, 0.1) is 23.7 Å². The van der Waals surface area contributed by atoms with Crippen LogP contribution in [0.3, 0.4) is 0 Å². The van der Waals surface area contributed by atoms with Gasteiger partial charge in [0.15, 0.2) is 0 Å². The number of unbranched alkanes of at least 4 members (excludes halogenated alkanes) is 21. The molecular formula is C80H107N3O14S. The summed E-state index contributed by atoms with van der Waals surface area (Å²) in [4.78, 5) is 81.9. The average Bonchev–Trinajstić information content (AvgIpc) is 1.37. The minimum absolute atomic E-state index is 0.0214. The minimum atomic E-state index is -0.455. The largest absolute Gasteiger partial charge is 0.494 e. The highest BCUT2D eigenvalue weighted by Gasteiger charge is 2.34. The number of rotatable bonds is 47. The summed E-state index contributed by atoms with van der Waals surface area (Å²) in [5, 5.41) is 7.65. The summed E-state index contributed by atoms with van der Waals surface area (Å²) in [7, 11) is 0. The third-order valence-corrected chi connectivity index (χ3v) is 19.4. The number of nitrogens with zero attached hydrogens (tertiary/aromatic N) is 3. The molecule has 2 aliphatic carbocycles. The summed E-state index contributed by atoms with van der Waals surface area (Å²) in [5.41, 5.74) is 1.30. The second-order valence-corrected chi connectivity index (χ2v) is 27.2. The first-order valence-corrected chi connectivity index (χ1v) is 37.4. The van der Waals surface area contributed by atoms with Gasteiger partial charge in [0.25, 0.3) is 0 Å². The lowest BCUT2D eigenvalue weighted by molar-refractivity contribution is -0.145. The minimum Gasteiger partial charge on any atom is -0.494 e. The molecule has 1 atom stereocenters. The molecule has 0 radical (unpaired) electrons. The van der Waals surface area contributed by atoms with Gasteiger partial charge >= 0.3 is 35.8 Å². The lowest BCUT2D eigenvalue weighted by Gasteiger charge is -2.26. The van der Waals surface area contributed by atoms with E-state index in [0.717, 1.165) is 104 Å². The Kier molecular flexibility index (Phi) is 35.5. The molecule has 5 aromatic rings. The number of esters is 6. The molecule has 0 spiro atoms. The van der Waals surface area contributed by atoms with E-state index in [4.69, 9.17) is 48.0 Å². The van der Waals surface area contributed by atoms with Crippen molar-refractivity contribution >= 4 is 68.7 Å². The maximum Gasteiger partial charge on any atom is 0.330 e. The first-order valence-electron chi connectivity index (χ1n) is 36.6. The summed E-state index contributed by atoms with van der Waals surface area (Å²) in [5.74, 6) is -0.937. The van der Waals surface area contributed by atoms with Crippen molar-refractivity contribution in [2.75, 3.05) is 31.4 Å². The number of fused-ring (bicyclic) bond motifs is 1. The van der Waals surface area contributed by atoms with Crippen molar-refractivity contribution in [2.24, 2.45) is 28.8 Å². The zero-order chi connectivity index (χ0) is 69.4. The SMILES string of the molecule is C=CC(=O)OCCCCCCCCCCCCCCOc1ccc(OC(=O)C2CCC(C(=O)Oc3ccc(OC(=O)C4CCC(C(=O)Oc5ccc(OCCCCCCCCCCCCOC(=O)C=C)cc5)CC4)c(/C=N/N(c4nc5ccccc5s4)C(C)CCCC)c3)CC2)cc1. The molecule has 17 nitrogen and oxygen atoms in total. The van der Waals surface area contributed by atoms with Crippen molar-refractivity contribution in [1.82, 2.24) is 4.98 Å². The molecule has 4 aromatic carbocycles. The molecule has 2 aliphatic rings. The van der Waals surface area contributed by atoms with Crippen LogP contribution in [0.2, 0.25) is 0 Å². The Morgan fingerprint density at radius 3 is 1.26 bits per heavy atom. The van der Waals surface area contributed by atoms with Crippen LogP contribution in [0.15, 0.2) is 121 Å². The fourth-order valence-corrected chi connectivity index (χ4v) is 13.4. The van der Waals surface area contributed by atoms with Crippen molar-refractivity contribution in [2.45, 2.75) is 232 Å². The van der Waals surface area contributed by atoms with Crippen LogP contribution in [0.25, 0.3) is 10.2 Å². The predicted octanol–water partition coefficient (Wildman–Crippen LogP) is 19.1. The molecular weight excluding hydrogens is 1260 g/mol. The summed E-state index contributed by atoms with van der Waals surface area (Å²) < 4.78 is 46.9. The molecule has 1 unspecified atom stereocenters. The van der Waals surface area contributed by atoms with Crippen molar-refractivity contribution in [3.63, 3.8) is 0 Å². The number of ether oxygens (including phenoxy) is 8. The molecule has 2 fully saturated rings. The average molecular weight is 1370 g/mol. The first kappa shape index (κ1) is 77.5. The summed E-state index contributed by atoms with van der Waals surface area (Å²) in [6, 6.07) is 27.2. The summed E-state index contributed by atoms with van der Waals surface area (Å²) in [6.45, 7) is 13.3. The first-order chi connectivity index (χ1) is 47.9. The van der Waals surface area contributed by atoms with Crippen LogP contribution >= 0.6 is 11.3 Å². The third kappa shape index (κ3) is 28.5. The second-order valence-electron chi connectivity index (χ2n) is 26.2. The Morgan fingerprint density at radius 1 is 0.480 bits per heavy atom. The molecule has 0 N–H and O–H groups in total. The number of aromatic nitrogens is 1. The van der Waals surface area contributed by atoms with E-state index in [9.17, 15) is 28.8 Å². The zero-order valence-electron chi connectivity index (χ0n) is 58.3. The molecule has 18 heteroatoms. The smallest absolute Gasteiger partial charge is 0.330 e. The van der Waals surface area contributed by atoms with Gasteiger partial charge in [0.1, 0.15) is 34.5 Å². The van der Waals surface area contributed by atoms with E-state index in [1.807, 2.05) is 53.5 Å². The maximum absolute atomic E-state index is 14.1. The van der Waals surface area contributed by atoms with Gasteiger partial charge in [-0.1, -0.05) is 172 Å². The van der Waals surface area contributed by atoms with Crippen LogP contribution in [0.1, 0.15) is 231 Å². The number of hydrogen-bond acceptors (Lipinski definition) is 18. The Bertz CT molecular complexity index is 3210. The van der Waals surface area contributed by atoms with Crippen LogP contribution < -0.4 is 33.4 Å². The fourth-order valence-electron chi connectivity index (χ4n) is 12.4. The highest BCUT2D eigenvalue weighted by Crippen LogP contribution is 2.37. The van der Waals surface area contributed by atoms with E-state index < -0.39 is 23.8 Å². The van der Waals surface area contributed by atoms with Gasteiger partial charge in [-0.05, 0) is 169 Å². The maximum atomic E-state index is 14.1. The van der Waals surface area contributed by atoms with Crippen molar-refractivity contribution in [3.8, 4) is 34.5 Å². The quantitative estimate of drug-likeness (QED) is 0.00887. The number of hydrazone groups is 1. The molecule has 7 rings (SSSR count). The van der Waals surface area contributed by atoms with Gasteiger partial charge in [0.2, 0.25) is 5.13 Å². The van der Waals surface area contributed by atoms with Crippen molar-refractivity contribution in [1.29, 1.82) is 0 Å². The van der Waals surface area contributed by atoms with E-state index in [2.05, 4.69) is 27.0 Å². The highest BCUT2D eigenvalue weighted by molar-refractivity contribution is 7.22. The molecule has 1 heterocycles. The zero-order valence-corrected chi connectivity index (χ0v) is 59.1. The van der Waals surface area contributed by atoms with E-state index in [1.54, 1.807) is 60.0 Å². The van der Waals surface area contributed by atoms with Gasteiger partial charge in [0.05, 0.1) is 72.6 Å². The predicted molar refractivity (Wildman–Crippen MR) is 386 cm³/mol. The molecule has 532 valence electrons. The van der Waals surface area contributed by atoms with Crippen LogP contribution in [0.5, 0.6) is 34.5 Å². The fraction of sp³-hybridized carbons (Fsp3) is 0.550. The molecule has 0 bridgehead atoms. The van der Waals surface area contributed by atoms with Crippen LogP contribution in [0.4, 0.5) is 5.13 Å². The topological polar surface area (TPSA) is 205 Å². The van der Waals surface area contributed by atoms with Gasteiger partial charge in [-0.15, -0.1) is 0 Å². The van der Waals surface area contributed by atoms with Gasteiger partial charge in [-0.3, -0.25) is 19.2 Å². The van der Waals surface area contributed by atoms with Crippen molar-refractivity contribution in [3.05, 3.63) is 122 Å². The lowest BCUT2D eigenvalue weighted by atomic mass is 9.82. The number of benzene rings is 4. The number of carbonyl (C=O) groups is 6. The molecule has 0 amide bonds. The highest BCUT2D eigenvalue weighted by atomic mass is 32.1. The van der Waals surface area contributed by atoms with E-state index in [1.165, 1.54) is 95.6 Å². The standard InChI is InChI=1S/C80H107N3O14S/c1-5-8-33-60(4)83(80-82-71-34-27-28-35-73(71)98-80)81-59-65-58-70(96-78(88)63-38-36-61(37-39-63)76(86)94-68-48-44-66(45-49-68)90-54-29-23-19-15-11-9-10-12-17-21-25-31-56-92-74(84)6-2)52-53-72(65)97-79(89)64-42-40-62(41-43-64)77(87)95-69-50-46-67(47-51-69)91-55-30-24-20-16-13-14-18-22-26-32-57-93-75(85)7-3/h6-7,27-28,34-35,44-53,58-64H,2-3,5,8-26,29-33,36-43,54-57H2,1,4H3/b81-59+. The number of carbonyl (C=O) groups excluding carboxylic acids is 6.